The average molecular weight is 399 g/mol. The largest absolute Gasteiger partial charge is 0.872 e. The Kier molecular flexibility index (Phi) is 6.17. The van der Waals surface area contributed by atoms with Crippen molar-refractivity contribution < 1.29 is 19.6 Å². The summed E-state index contributed by atoms with van der Waals surface area (Å²) in [4.78, 5) is 28.3. The van der Waals surface area contributed by atoms with E-state index >= 15 is 0 Å². The predicted molar refractivity (Wildman–Crippen MR) is 107 cm³/mol. The number of nitrogens with one attached hydrogen (secondary N) is 1. The topological polar surface area (TPSA) is 64.9 Å². The molecule has 2 aromatic carbocycles. The standard InChI is InChI=1S/C22H23ClN2O3/c1-24(2)13-6-14-25-19(15-7-4-3-5-8-15)18(21(27)22(25)28)20(26)16-9-11-17(23)12-10-16/h3-5,7-12,19,26H,6,13-14H2,1-2H3/b20-18+. The van der Waals surface area contributed by atoms with Gasteiger partial charge in [-0.1, -0.05) is 59.8 Å². The van der Waals surface area contributed by atoms with Crippen molar-refractivity contribution >= 4 is 29.1 Å². The Bertz CT molecular complexity index is 892. The third-order valence-electron chi connectivity index (χ3n) is 4.83. The number of carbonyl (C=O) groups is 2. The summed E-state index contributed by atoms with van der Waals surface area (Å²) in [5, 5.41) is 13.6. The number of Topliss-reactive ketones (excluding diaryl/α,β-unsaturated/α-hetero) is 1. The molecule has 28 heavy (non-hydrogen) atoms. The number of benzene rings is 2. The fourth-order valence-corrected chi connectivity index (χ4v) is 3.57. The number of rotatable bonds is 6. The van der Waals surface area contributed by atoms with E-state index < -0.39 is 23.5 Å². The molecule has 1 atom stereocenters. The van der Waals surface area contributed by atoms with Crippen LogP contribution in [0.5, 0.6) is 0 Å². The molecular formula is C22H23ClN2O3. The van der Waals surface area contributed by atoms with Crippen LogP contribution in [0.2, 0.25) is 5.02 Å². The summed E-state index contributed by atoms with van der Waals surface area (Å²) in [7, 11) is 4.07. The van der Waals surface area contributed by atoms with Gasteiger partial charge in [-0.2, -0.15) is 0 Å². The maximum Gasteiger partial charge on any atom is 0.295 e. The minimum Gasteiger partial charge on any atom is -0.872 e. The zero-order valence-corrected chi connectivity index (χ0v) is 16.7. The van der Waals surface area contributed by atoms with Crippen molar-refractivity contribution in [1.82, 2.24) is 4.90 Å². The molecule has 1 heterocycles. The molecule has 5 nitrogen and oxygen atoms in total. The molecular weight excluding hydrogens is 376 g/mol. The van der Waals surface area contributed by atoms with Crippen LogP contribution < -0.4 is 10.0 Å². The number of nitrogens with zero attached hydrogens (tertiary/aromatic N) is 1. The van der Waals surface area contributed by atoms with Gasteiger partial charge in [-0.3, -0.25) is 9.59 Å². The quantitative estimate of drug-likeness (QED) is 0.450. The third kappa shape index (κ3) is 4.11. The summed E-state index contributed by atoms with van der Waals surface area (Å²) in [6.07, 6.45) is 0.743. The summed E-state index contributed by atoms with van der Waals surface area (Å²) in [5.41, 5.74) is 1.12. The van der Waals surface area contributed by atoms with Crippen LogP contribution in [-0.4, -0.2) is 43.8 Å². The number of quaternary nitrogens is 1. The minimum absolute atomic E-state index is 0.00993. The fraction of sp³-hybridized carbons (Fsp3) is 0.273. The molecule has 1 fully saturated rings. The van der Waals surface area contributed by atoms with E-state index in [1.807, 2.05) is 44.4 Å². The van der Waals surface area contributed by atoms with Gasteiger partial charge in [0.25, 0.3) is 5.91 Å². The highest BCUT2D eigenvalue weighted by Gasteiger charge is 2.43. The molecule has 0 aromatic heterocycles. The fourth-order valence-electron chi connectivity index (χ4n) is 3.44. The molecule has 0 bridgehead atoms. The van der Waals surface area contributed by atoms with Crippen molar-refractivity contribution in [2.45, 2.75) is 12.5 Å². The molecule has 1 aliphatic heterocycles. The molecule has 0 saturated carbocycles. The van der Waals surface area contributed by atoms with E-state index in [2.05, 4.69) is 0 Å². The molecule has 2 aromatic rings. The van der Waals surface area contributed by atoms with E-state index in [1.54, 1.807) is 24.3 Å². The number of hydrogen-bond donors (Lipinski definition) is 1. The lowest BCUT2D eigenvalue weighted by atomic mass is 9.95. The molecule has 6 heteroatoms. The third-order valence-corrected chi connectivity index (χ3v) is 5.08. The highest BCUT2D eigenvalue weighted by atomic mass is 35.5. The van der Waals surface area contributed by atoms with Crippen LogP contribution >= 0.6 is 11.6 Å². The smallest absolute Gasteiger partial charge is 0.295 e. The predicted octanol–water partition coefficient (Wildman–Crippen LogP) is 1.10. The van der Waals surface area contributed by atoms with E-state index in [-0.39, 0.29) is 5.57 Å². The van der Waals surface area contributed by atoms with Gasteiger partial charge in [-0.25, -0.2) is 0 Å². The first-order valence-corrected chi connectivity index (χ1v) is 9.64. The summed E-state index contributed by atoms with van der Waals surface area (Å²) in [5.74, 6) is -1.75. The van der Waals surface area contributed by atoms with Crippen molar-refractivity contribution in [1.29, 1.82) is 0 Å². The first-order valence-electron chi connectivity index (χ1n) is 9.26. The Morgan fingerprint density at radius 1 is 1.07 bits per heavy atom. The summed E-state index contributed by atoms with van der Waals surface area (Å²) in [6.45, 7) is 1.28. The van der Waals surface area contributed by atoms with Gasteiger partial charge in [-0.05, 0) is 23.3 Å². The van der Waals surface area contributed by atoms with Crippen LogP contribution in [0.4, 0.5) is 0 Å². The Labute approximate surface area is 169 Å². The molecule has 1 aliphatic rings. The van der Waals surface area contributed by atoms with E-state index in [9.17, 15) is 14.7 Å². The van der Waals surface area contributed by atoms with Crippen LogP contribution in [0.25, 0.3) is 5.76 Å². The highest BCUT2D eigenvalue weighted by molar-refractivity contribution is 6.46. The van der Waals surface area contributed by atoms with E-state index in [1.165, 1.54) is 9.80 Å². The molecule has 1 unspecified atom stereocenters. The number of ketones is 1. The number of carbonyl (C=O) groups excluding carboxylic acids is 2. The molecule has 3 rings (SSSR count). The second-order valence-corrected chi connectivity index (χ2v) is 7.64. The zero-order chi connectivity index (χ0) is 20.3. The van der Waals surface area contributed by atoms with Crippen molar-refractivity contribution in [3.05, 3.63) is 76.3 Å². The van der Waals surface area contributed by atoms with Crippen LogP contribution in [0.15, 0.2) is 60.2 Å². The number of hydrogen-bond acceptors (Lipinski definition) is 3. The Morgan fingerprint density at radius 3 is 2.32 bits per heavy atom. The number of amides is 1. The second kappa shape index (κ2) is 8.59. The molecule has 1 amide bonds. The number of halogens is 1. The molecule has 1 N–H and O–H groups in total. The molecule has 146 valence electrons. The lowest BCUT2D eigenvalue weighted by Gasteiger charge is -2.27. The van der Waals surface area contributed by atoms with Gasteiger partial charge < -0.3 is 14.9 Å². The van der Waals surface area contributed by atoms with Gasteiger partial charge in [0.05, 0.1) is 26.7 Å². The zero-order valence-electron chi connectivity index (χ0n) is 15.9. The van der Waals surface area contributed by atoms with Crippen molar-refractivity contribution in [3.8, 4) is 0 Å². The maximum atomic E-state index is 13.1. The van der Waals surface area contributed by atoms with Crippen LogP contribution in [-0.2, 0) is 9.59 Å². The van der Waals surface area contributed by atoms with Crippen molar-refractivity contribution in [2.24, 2.45) is 0 Å². The van der Waals surface area contributed by atoms with Crippen molar-refractivity contribution in [2.75, 3.05) is 27.2 Å². The Hall–Kier alpha value is -2.63. The summed E-state index contributed by atoms with van der Waals surface area (Å²) in [6, 6.07) is 14.9. The lowest BCUT2D eigenvalue weighted by Crippen LogP contribution is -3.05. The summed E-state index contributed by atoms with van der Waals surface area (Å²) >= 11 is 5.91. The monoisotopic (exact) mass is 398 g/mol. The van der Waals surface area contributed by atoms with Gasteiger partial charge in [0.15, 0.2) is 0 Å². The summed E-state index contributed by atoms with van der Waals surface area (Å²) < 4.78 is 0. The first kappa shape index (κ1) is 20.1. The molecule has 0 spiro atoms. The Morgan fingerprint density at radius 2 is 1.71 bits per heavy atom. The maximum absolute atomic E-state index is 13.1. The van der Waals surface area contributed by atoms with Gasteiger partial charge in [0, 0.05) is 23.6 Å². The molecule has 0 radical (unpaired) electrons. The lowest BCUT2D eigenvalue weighted by molar-refractivity contribution is -0.858. The van der Waals surface area contributed by atoms with E-state index in [0.717, 1.165) is 18.5 Å². The van der Waals surface area contributed by atoms with Gasteiger partial charge in [0.1, 0.15) is 0 Å². The molecule has 0 aliphatic carbocycles. The SMILES string of the molecule is C[NH+](C)CCCN1C(=O)C(=O)/C(=C(/[O-])c2ccc(Cl)cc2)C1c1ccccc1. The van der Waals surface area contributed by atoms with Crippen LogP contribution in [0.3, 0.4) is 0 Å². The van der Waals surface area contributed by atoms with Crippen LogP contribution in [0, 0.1) is 0 Å². The number of likely N-dealkylation sites (tertiary alicyclic amines) is 1. The normalized spacial score (nSPS) is 18.9. The molecule has 1 saturated heterocycles. The van der Waals surface area contributed by atoms with Gasteiger partial charge >= 0.3 is 0 Å². The highest BCUT2D eigenvalue weighted by Crippen LogP contribution is 2.38. The van der Waals surface area contributed by atoms with E-state index in [4.69, 9.17) is 11.6 Å². The second-order valence-electron chi connectivity index (χ2n) is 7.20. The average Bonchev–Trinajstić information content (AvgIpc) is 2.93. The van der Waals surface area contributed by atoms with Gasteiger partial charge in [-0.15, -0.1) is 0 Å². The van der Waals surface area contributed by atoms with Gasteiger partial charge in [0.2, 0.25) is 5.78 Å². The van der Waals surface area contributed by atoms with Crippen molar-refractivity contribution in [3.63, 3.8) is 0 Å². The first-order chi connectivity index (χ1) is 13.4. The minimum atomic E-state index is -0.717. The Balaban J connectivity index is 2.06. The van der Waals surface area contributed by atoms with Crippen LogP contribution in [0.1, 0.15) is 23.6 Å². The van der Waals surface area contributed by atoms with E-state index in [0.29, 0.717) is 17.1 Å².